The second kappa shape index (κ2) is 11.9. The van der Waals surface area contributed by atoms with Crippen LogP contribution in [0.25, 0.3) is 11.1 Å². The molecule has 0 heterocycles. The Balaban J connectivity index is 1.49. The molecule has 0 unspecified atom stereocenters. The molecule has 0 aliphatic rings. The van der Waals surface area contributed by atoms with Crippen LogP contribution in [0.2, 0.25) is 0 Å². The minimum atomic E-state index is -3.86. The fraction of sp³-hybridized carbons (Fsp3) is 0.167. The minimum Gasteiger partial charge on any atom is -0.381 e. The van der Waals surface area contributed by atoms with Crippen LogP contribution in [0.3, 0.4) is 0 Å². The lowest BCUT2D eigenvalue weighted by Crippen LogP contribution is -2.17. The van der Waals surface area contributed by atoms with Crippen LogP contribution in [0.15, 0.2) is 102 Å². The van der Waals surface area contributed by atoms with Crippen LogP contribution in [-0.4, -0.2) is 41.6 Å². The first-order chi connectivity index (χ1) is 18.2. The summed E-state index contributed by atoms with van der Waals surface area (Å²) >= 11 is 0. The molecule has 0 aromatic heterocycles. The average Bonchev–Trinajstić information content (AvgIpc) is 2.92. The predicted molar refractivity (Wildman–Crippen MR) is 153 cm³/mol. The lowest BCUT2D eigenvalue weighted by Gasteiger charge is -2.16. The van der Waals surface area contributed by atoms with E-state index in [4.69, 9.17) is 4.18 Å². The van der Waals surface area contributed by atoms with Crippen LogP contribution in [0.5, 0.6) is 0 Å². The summed E-state index contributed by atoms with van der Waals surface area (Å²) in [5, 5.41) is 6.19. The number of hydrogen-bond acceptors (Lipinski definition) is 6. The largest absolute Gasteiger partial charge is 0.381 e. The van der Waals surface area contributed by atoms with Gasteiger partial charge in [0.2, 0.25) is 0 Å². The molecule has 0 radical (unpaired) electrons. The second-order valence-electron chi connectivity index (χ2n) is 9.04. The van der Waals surface area contributed by atoms with E-state index in [2.05, 4.69) is 10.6 Å². The predicted octanol–water partition coefficient (Wildman–Crippen LogP) is 5.80. The highest BCUT2D eigenvalue weighted by Gasteiger charge is 2.15. The van der Waals surface area contributed by atoms with Crippen molar-refractivity contribution in [2.75, 3.05) is 42.8 Å². The normalized spacial score (nSPS) is 11.1. The minimum absolute atomic E-state index is 0.0734. The van der Waals surface area contributed by atoms with Gasteiger partial charge in [-0.15, -0.1) is 0 Å². The molecular formula is C30H31N3O4S. The summed E-state index contributed by atoms with van der Waals surface area (Å²) < 4.78 is 30.2. The first-order valence-corrected chi connectivity index (χ1v) is 13.6. The van der Waals surface area contributed by atoms with E-state index in [9.17, 15) is 13.2 Å². The third-order valence-corrected chi connectivity index (χ3v) is 7.31. The molecule has 4 aromatic carbocycles. The molecule has 0 fully saturated rings. The molecule has 38 heavy (non-hydrogen) atoms. The molecule has 7 nitrogen and oxygen atoms in total. The van der Waals surface area contributed by atoms with Gasteiger partial charge in [-0.25, -0.2) is 0 Å². The van der Waals surface area contributed by atoms with Gasteiger partial charge in [-0.05, 0) is 66.6 Å². The Bertz CT molecular complexity index is 1490. The molecule has 0 aliphatic carbocycles. The molecule has 0 bridgehead atoms. The van der Waals surface area contributed by atoms with Gasteiger partial charge in [-0.1, -0.05) is 54.1 Å². The van der Waals surface area contributed by atoms with Gasteiger partial charge in [-0.3, -0.25) is 8.98 Å². The summed E-state index contributed by atoms with van der Waals surface area (Å²) in [6.45, 7) is 2.03. The topological polar surface area (TPSA) is 87.7 Å². The summed E-state index contributed by atoms with van der Waals surface area (Å²) in [6, 6.07) is 29.4. The summed E-state index contributed by atoms with van der Waals surface area (Å²) in [5.74, 6) is -0.248. The Morgan fingerprint density at radius 2 is 1.50 bits per heavy atom. The summed E-state index contributed by atoms with van der Waals surface area (Å²) in [6.07, 6.45) is 0. The van der Waals surface area contributed by atoms with Crippen LogP contribution in [-0.2, 0) is 14.3 Å². The van der Waals surface area contributed by atoms with Crippen molar-refractivity contribution in [2.24, 2.45) is 0 Å². The number of amides is 1. The monoisotopic (exact) mass is 529 g/mol. The molecule has 0 atom stereocenters. The van der Waals surface area contributed by atoms with Gasteiger partial charge >= 0.3 is 0 Å². The number of rotatable bonds is 10. The Labute approximate surface area is 224 Å². The maximum absolute atomic E-state index is 13.1. The van der Waals surface area contributed by atoms with Gasteiger partial charge in [0.1, 0.15) is 0 Å². The molecule has 8 heteroatoms. The van der Waals surface area contributed by atoms with Crippen molar-refractivity contribution in [3.63, 3.8) is 0 Å². The van der Waals surface area contributed by atoms with Gasteiger partial charge in [0.15, 0.2) is 0 Å². The number of hydrogen-bond donors (Lipinski definition) is 2. The Kier molecular flexibility index (Phi) is 8.45. The zero-order valence-electron chi connectivity index (χ0n) is 21.6. The van der Waals surface area contributed by atoms with Crippen LogP contribution in [0.4, 0.5) is 17.1 Å². The van der Waals surface area contributed by atoms with E-state index in [1.165, 1.54) is 12.1 Å². The Morgan fingerprint density at radius 1 is 0.816 bits per heavy atom. The Hall–Kier alpha value is -4.14. The maximum Gasteiger partial charge on any atom is 0.297 e. The zero-order chi connectivity index (χ0) is 27.1. The molecule has 0 aliphatic heterocycles. The van der Waals surface area contributed by atoms with Gasteiger partial charge in [0, 0.05) is 31.9 Å². The van der Waals surface area contributed by atoms with Gasteiger partial charge < -0.3 is 15.5 Å². The van der Waals surface area contributed by atoms with Crippen molar-refractivity contribution in [1.29, 1.82) is 0 Å². The van der Waals surface area contributed by atoms with Crippen LogP contribution in [0, 0.1) is 6.92 Å². The lowest BCUT2D eigenvalue weighted by atomic mass is 10.0. The van der Waals surface area contributed by atoms with E-state index in [1.54, 1.807) is 24.3 Å². The molecule has 4 rings (SSSR count). The summed E-state index contributed by atoms with van der Waals surface area (Å²) in [4.78, 5) is 15.2. The van der Waals surface area contributed by atoms with E-state index < -0.39 is 10.1 Å². The van der Waals surface area contributed by atoms with E-state index in [0.29, 0.717) is 16.9 Å². The van der Waals surface area contributed by atoms with Crippen molar-refractivity contribution in [2.45, 2.75) is 11.8 Å². The second-order valence-corrected chi connectivity index (χ2v) is 10.7. The number of nitrogens with one attached hydrogen (secondary N) is 2. The maximum atomic E-state index is 13.1. The molecule has 196 valence electrons. The molecule has 2 N–H and O–H groups in total. The van der Waals surface area contributed by atoms with Crippen LogP contribution in [0.1, 0.15) is 15.9 Å². The van der Waals surface area contributed by atoms with E-state index in [-0.39, 0.29) is 24.0 Å². The van der Waals surface area contributed by atoms with Crippen molar-refractivity contribution in [3.05, 3.63) is 108 Å². The van der Waals surface area contributed by atoms with Crippen molar-refractivity contribution >= 4 is 33.1 Å². The average molecular weight is 530 g/mol. The number of aryl methyl sites for hydroxylation is 1. The molecular weight excluding hydrogens is 498 g/mol. The molecule has 0 saturated carbocycles. The fourth-order valence-electron chi connectivity index (χ4n) is 3.83. The third kappa shape index (κ3) is 6.79. The first kappa shape index (κ1) is 26.9. The van der Waals surface area contributed by atoms with Crippen LogP contribution < -0.4 is 15.5 Å². The highest BCUT2D eigenvalue weighted by molar-refractivity contribution is 7.86. The Morgan fingerprint density at radius 3 is 2.16 bits per heavy atom. The number of benzene rings is 4. The standard InChI is InChI=1S/C30H31N3O4S/c1-22-9-16-27(17-10-22)38(35,36)37-20-19-31-28-18-13-25(23-7-5-4-6-8-23)21-29(28)32-30(34)24-11-14-26(15-12-24)33(2)3/h4-18,21,31H,19-20H2,1-3H3,(H,32,34). The summed E-state index contributed by atoms with van der Waals surface area (Å²) in [5.41, 5.74) is 5.67. The zero-order valence-corrected chi connectivity index (χ0v) is 22.5. The highest BCUT2D eigenvalue weighted by atomic mass is 32.2. The fourth-order valence-corrected chi connectivity index (χ4v) is 4.74. The number of anilines is 3. The van der Waals surface area contributed by atoms with Gasteiger partial charge in [-0.2, -0.15) is 8.42 Å². The first-order valence-electron chi connectivity index (χ1n) is 12.2. The molecule has 0 spiro atoms. The van der Waals surface area contributed by atoms with E-state index >= 15 is 0 Å². The SMILES string of the molecule is Cc1ccc(S(=O)(=O)OCCNc2ccc(-c3ccccc3)cc2NC(=O)c2ccc(N(C)C)cc2)cc1. The van der Waals surface area contributed by atoms with Crippen LogP contribution >= 0.6 is 0 Å². The lowest BCUT2D eigenvalue weighted by molar-refractivity contribution is 0.102. The summed E-state index contributed by atoms with van der Waals surface area (Å²) in [7, 11) is 0.0223. The number of carbonyl (C=O) groups is 1. The van der Waals surface area contributed by atoms with Crippen molar-refractivity contribution < 1.29 is 17.4 Å². The van der Waals surface area contributed by atoms with Crippen molar-refractivity contribution in [3.8, 4) is 11.1 Å². The van der Waals surface area contributed by atoms with E-state index in [1.807, 2.05) is 86.6 Å². The number of nitrogens with zero attached hydrogens (tertiary/aromatic N) is 1. The quantitative estimate of drug-likeness (QED) is 0.200. The molecule has 0 saturated heterocycles. The van der Waals surface area contributed by atoms with E-state index in [0.717, 1.165) is 22.4 Å². The molecule has 1 amide bonds. The number of carbonyl (C=O) groups excluding carboxylic acids is 1. The molecule has 4 aromatic rings. The van der Waals surface area contributed by atoms with Gasteiger partial charge in [0.25, 0.3) is 16.0 Å². The third-order valence-electron chi connectivity index (χ3n) is 5.99. The van der Waals surface area contributed by atoms with Crippen molar-refractivity contribution in [1.82, 2.24) is 0 Å². The smallest absolute Gasteiger partial charge is 0.297 e. The van der Waals surface area contributed by atoms with Gasteiger partial charge in [0.05, 0.1) is 22.9 Å². The highest BCUT2D eigenvalue weighted by Crippen LogP contribution is 2.30.